The van der Waals surface area contributed by atoms with Gasteiger partial charge in [0.1, 0.15) is 5.82 Å². The molecule has 0 spiro atoms. The molecule has 3 rings (SSSR count). The highest BCUT2D eigenvalue weighted by Gasteiger charge is 2.08. The lowest BCUT2D eigenvalue weighted by atomic mass is 10.1. The van der Waals surface area contributed by atoms with Crippen molar-refractivity contribution in [3.8, 4) is 0 Å². The van der Waals surface area contributed by atoms with E-state index in [9.17, 15) is 0 Å². The Labute approximate surface area is 147 Å². The molecule has 2 aromatic heterocycles. The molecule has 0 aliphatic rings. The van der Waals surface area contributed by atoms with Gasteiger partial charge in [-0.2, -0.15) is 15.0 Å². The van der Waals surface area contributed by atoms with Gasteiger partial charge in [-0.05, 0) is 50.5 Å². The van der Waals surface area contributed by atoms with E-state index < -0.39 is 0 Å². The van der Waals surface area contributed by atoms with E-state index in [-0.39, 0.29) is 0 Å². The standard InChI is InChI=1S/C19H22N6/c1-12-8-13(2)17(14(3)9-12)24-19-23-15(4)22-18(25-19)21-11-16-6-5-7-20-10-16/h5-10H,11H2,1-4H3,(H2,21,22,23,24,25). The van der Waals surface area contributed by atoms with Crippen LogP contribution in [0.25, 0.3) is 0 Å². The van der Waals surface area contributed by atoms with Gasteiger partial charge in [-0.3, -0.25) is 4.98 Å². The SMILES string of the molecule is Cc1cc(C)c(Nc2nc(C)nc(NCc3cccnc3)n2)c(C)c1. The number of anilines is 3. The molecule has 0 bridgehead atoms. The third-order valence-electron chi connectivity index (χ3n) is 3.83. The summed E-state index contributed by atoms with van der Waals surface area (Å²) in [5.41, 5.74) is 5.68. The number of aromatic nitrogens is 4. The maximum Gasteiger partial charge on any atom is 0.232 e. The molecule has 3 aromatic rings. The molecule has 0 atom stereocenters. The predicted molar refractivity (Wildman–Crippen MR) is 100 cm³/mol. The van der Waals surface area contributed by atoms with Crippen LogP contribution in [0.5, 0.6) is 0 Å². The Bertz CT molecular complexity index is 853. The first-order valence-corrected chi connectivity index (χ1v) is 8.21. The molecule has 1 aromatic carbocycles. The minimum Gasteiger partial charge on any atom is -0.350 e. The van der Waals surface area contributed by atoms with E-state index in [1.54, 1.807) is 6.20 Å². The molecule has 25 heavy (non-hydrogen) atoms. The van der Waals surface area contributed by atoms with E-state index in [4.69, 9.17) is 0 Å². The number of hydrogen-bond acceptors (Lipinski definition) is 6. The van der Waals surface area contributed by atoms with Gasteiger partial charge in [-0.25, -0.2) is 0 Å². The van der Waals surface area contributed by atoms with Crippen LogP contribution in [0.1, 0.15) is 28.1 Å². The Morgan fingerprint density at radius 1 is 0.920 bits per heavy atom. The Morgan fingerprint density at radius 2 is 1.64 bits per heavy atom. The van der Waals surface area contributed by atoms with Crippen LogP contribution in [0, 0.1) is 27.7 Å². The fraction of sp³-hybridized carbons (Fsp3) is 0.263. The van der Waals surface area contributed by atoms with E-state index >= 15 is 0 Å². The summed E-state index contributed by atoms with van der Waals surface area (Å²) >= 11 is 0. The molecule has 0 fully saturated rings. The molecule has 0 saturated carbocycles. The molecular weight excluding hydrogens is 312 g/mol. The van der Waals surface area contributed by atoms with Crippen molar-refractivity contribution in [2.75, 3.05) is 10.6 Å². The fourth-order valence-corrected chi connectivity index (χ4v) is 2.79. The summed E-state index contributed by atoms with van der Waals surface area (Å²) in [5.74, 6) is 1.74. The van der Waals surface area contributed by atoms with Gasteiger partial charge in [0.15, 0.2) is 0 Å². The van der Waals surface area contributed by atoms with Gasteiger partial charge in [0.25, 0.3) is 0 Å². The van der Waals surface area contributed by atoms with Crippen molar-refractivity contribution in [1.29, 1.82) is 0 Å². The van der Waals surface area contributed by atoms with Crippen molar-refractivity contribution in [2.24, 2.45) is 0 Å². The van der Waals surface area contributed by atoms with Crippen LogP contribution in [0.15, 0.2) is 36.7 Å². The summed E-state index contributed by atoms with van der Waals surface area (Å²) in [7, 11) is 0. The van der Waals surface area contributed by atoms with E-state index in [0.717, 1.165) is 11.3 Å². The van der Waals surface area contributed by atoms with Crippen LogP contribution in [0.4, 0.5) is 17.6 Å². The predicted octanol–water partition coefficient (Wildman–Crippen LogP) is 3.86. The number of pyridine rings is 1. The first kappa shape index (κ1) is 16.8. The molecule has 6 nitrogen and oxygen atoms in total. The molecule has 2 heterocycles. The Kier molecular flexibility index (Phi) is 4.88. The molecule has 128 valence electrons. The molecule has 0 amide bonds. The lowest BCUT2D eigenvalue weighted by Crippen LogP contribution is -2.09. The smallest absolute Gasteiger partial charge is 0.232 e. The number of nitrogens with one attached hydrogen (secondary N) is 2. The van der Waals surface area contributed by atoms with Crippen molar-refractivity contribution in [3.05, 3.63) is 64.7 Å². The third-order valence-corrected chi connectivity index (χ3v) is 3.83. The van der Waals surface area contributed by atoms with Crippen LogP contribution < -0.4 is 10.6 Å². The number of nitrogens with zero attached hydrogens (tertiary/aromatic N) is 4. The highest BCUT2D eigenvalue weighted by atomic mass is 15.2. The van der Waals surface area contributed by atoms with Crippen molar-refractivity contribution in [1.82, 2.24) is 19.9 Å². The summed E-state index contributed by atoms with van der Waals surface area (Å²) in [6.07, 6.45) is 3.57. The van der Waals surface area contributed by atoms with Crippen molar-refractivity contribution in [2.45, 2.75) is 34.2 Å². The zero-order valence-electron chi connectivity index (χ0n) is 15.0. The van der Waals surface area contributed by atoms with Gasteiger partial charge in [0.2, 0.25) is 11.9 Å². The first-order chi connectivity index (χ1) is 12.0. The molecular formula is C19H22N6. The van der Waals surface area contributed by atoms with Gasteiger partial charge < -0.3 is 10.6 Å². The van der Waals surface area contributed by atoms with Crippen molar-refractivity contribution in [3.63, 3.8) is 0 Å². The number of benzene rings is 1. The molecule has 6 heteroatoms. The van der Waals surface area contributed by atoms with Crippen LogP contribution in [-0.4, -0.2) is 19.9 Å². The van der Waals surface area contributed by atoms with Gasteiger partial charge in [0.05, 0.1) is 0 Å². The van der Waals surface area contributed by atoms with Crippen LogP contribution >= 0.6 is 0 Å². The topological polar surface area (TPSA) is 75.6 Å². The number of aryl methyl sites for hydroxylation is 4. The van der Waals surface area contributed by atoms with Crippen LogP contribution in [0.2, 0.25) is 0 Å². The molecule has 0 aliphatic heterocycles. The van der Waals surface area contributed by atoms with Crippen LogP contribution in [-0.2, 0) is 6.54 Å². The quantitative estimate of drug-likeness (QED) is 0.738. The fourth-order valence-electron chi connectivity index (χ4n) is 2.79. The van der Waals surface area contributed by atoms with Gasteiger partial charge in [0, 0.05) is 24.6 Å². The summed E-state index contributed by atoms with van der Waals surface area (Å²) in [5, 5.41) is 6.56. The highest BCUT2D eigenvalue weighted by Crippen LogP contribution is 2.24. The van der Waals surface area contributed by atoms with Crippen LogP contribution in [0.3, 0.4) is 0 Å². The van der Waals surface area contributed by atoms with E-state index in [1.807, 2.05) is 25.3 Å². The van der Waals surface area contributed by atoms with Gasteiger partial charge in [-0.1, -0.05) is 23.8 Å². The van der Waals surface area contributed by atoms with Crippen molar-refractivity contribution < 1.29 is 0 Å². The van der Waals surface area contributed by atoms with E-state index in [1.165, 1.54) is 16.7 Å². The number of rotatable bonds is 5. The van der Waals surface area contributed by atoms with E-state index in [0.29, 0.717) is 24.3 Å². The monoisotopic (exact) mass is 334 g/mol. The zero-order chi connectivity index (χ0) is 17.8. The maximum absolute atomic E-state index is 4.48. The molecule has 0 aliphatic carbocycles. The summed E-state index contributed by atoms with van der Waals surface area (Å²) in [6, 6.07) is 8.20. The number of hydrogen-bond donors (Lipinski definition) is 2. The molecule has 2 N–H and O–H groups in total. The average molecular weight is 334 g/mol. The third kappa shape index (κ3) is 4.29. The Morgan fingerprint density at radius 3 is 2.32 bits per heavy atom. The highest BCUT2D eigenvalue weighted by molar-refractivity contribution is 5.64. The summed E-state index contributed by atoms with van der Waals surface area (Å²) < 4.78 is 0. The Balaban J connectivity index is 1.80. The maximum atomic E-state index is 4.48. The molecule has 0 unspecified atom stereocenters. The average Bonchev–Trinajstić information content (AvgIpc) is 2.57. The largest absolute Gasteiger partial charge is 0.350 e. The molecule has 0 saturated heterocycles. The van der Waals surface area contributed by atoms with Gasteiger partial charge in [-0.15, -0.1) is 0 Å². The normalized spacial score (nSPS) is 10.6. The minimum absolute atomic E-state index is 0.538. The zero-order valence-corrected chi connectivity index (χ0v) is 15.0. The summed E-state index contributed by atoms with van der Waals surface area (Å²) in [4.78, 5) is 17.4. The second-order valence-corrected chi connectivity index (χ2v) is 6.14. The second-order valence-electron chi connectivity index (χ2n) is 6.14. The minimum atomic E-state index is 0.538. The lowest BCUT2D eigenvalue weighted by molar-refractivity contribution is 0.955. The van der Waals surface area contributed by atoms with Crippen molar-refractivity contribution >= 4 is 17.6 Å². The lowest BCUT2D eigenvalue weighted by Gasteiger charge is -2.14. The first-order valence-electron chi connectivity index (χ1n) is 8.21. The van der Waals surface area contributed by atoms with E-state index in [2.05, 4.69) is 63.5 Å². The second kappa shape index (κ2) is 7.25. The summed E-state index contributed by atoms with van der Waals surface area (Å²) in [6.45, 7) is 8.73. The molecule has 0 radical (unpaired) electrons. The Hall–Kier alpha value is -3.02. The van der Waals surface area contributed by atoms with Gasteiger partial charge >= 0.3 is 0 Å².